The number of amides is 2. The molecule has 1 heterocycles. The zero-order chi connectivity index (χ0) is 21.3. The Kier molecular flexibility index (Phi) is 7.68. The summed E-state index contributed by atoms with van der Waals surface area (Å²) in [5.41, 5.74) is 2.80. The summed E-state index contributed by atoms with van der Waals surface area (Å²) in [6.45, 7) is 6.73. The van der Waals surface area contributed by atoms with Crippen molar-refractivity contribution in [3.63, 3.8) is 0 Å². The molecule has 30 heavy (non-hydrogen) atoms. The van der Waals surface area contributed by atoms with Crippen LogP contribution >= 0.6 is 0 Å². The van der Waals surface area contributed by atoms with E-state index in [4.69, 9.17) is 4.74 Å². The van der Waals surface area contributed by atoms with E-state index in [2.05, 4.69) is 26.5 Å². The standard InChI is InChI=1S/C23H30N4O3/c1-3-18-8-4-5-9-19(18)25-23(29)22(28)24-12-13-26-14-16-27(17-15-26)20-10-6-7-11-21(20)30-2/h4-11H,3,12-17H2,1-2H3,(H,24,28)(H,25,29). The molecule has 0 radical (unpaired) electrons. The number of methoxy groups -OCH3 is 1. The third-order valence-corrected chi connectivity index (χ3v) is 5.36. The second-order valence-electron chi connectivity index (χ2n) is 7.22. The molecular formula is C23H30N4O3. The minimum Gasteiger partial charge on any atom is -0.495 e. The molecule has 2 aromatic rings. The van der Waals surface area contributed by atoms with Gasteiger partial charge in [0.05, 0.1) is 12.8 Å². The van der Waals surface area contributed by atoms with Crippen LogP contribution in [0.2, 0.25) is 0 Å². The maximum atomic E-state index is 12.2. The SMILES string of the molecule is CCc1ccccc1NC(=O)C(=O)NCCN1CCN(c2ccccc2OC)CC1. The number of piperazine rings is 1. The molecule has 0 aliphatic carbocycles. The number of hydrogen-bond acceptors (Lipinski definition) is 5. The minimum absolute atomic E-state index is 0.441. The van der Waals surface area contributed by atoms with Crippen molar-refractivity contribution < 1.29 is 14.3 Å². The fourth-order valence-electron chi connectivity index (χ4n) is 3.64. The average molecular weight is 411 g/mol. The fourth-order valence-corrected chi connectivity index (χ4v) is 3.64. The summed E-state index contributed by atoms with van der Waals surface area (Å²) in [6, 6.07) is 15.6. The normalized spacial score (nSPS) is 14.3. The van der Waals surface area contributed by atoms with Gasteiger partial charge in [-0.15, -0.1) is 0 Å². The molecule has 1 aliphatic rings. The summed E-state index contributed by atoms with van der Waals surface area (Å²) in [5, 5.41) is 5.42. The van der Waals surface area contributed by atoms with Crippen LogP contribution in [0.15, 0.2) is 48.5 Å². The molecule has 1 aliphatic heterocycles. The Labute approximate surface area is 178 Å². The summed E-state index contributed by atoms with van der Waals surface area (Å²) in [6.07, 6.45) is 0.791. The highest BCUT2D eigenvalue weighted by Gasteiger charge is 2.20. The van der Waals surface area contributed by atoms with Crippen LogP contribution < -0.4 is 20.3 Å². The highest BCUT2D eigenvalue weighted by Crippen LogP contribution is 2.28. The van der Waals surface area contributed by atoms with Gasteiger partial charge in [-0.25, -0.2) is 0 Å². The number of anilines is 2. The van der Waals surface area contributed by atoms with Crippen molar-refractivity contribution in [1.29, 1.82) is 0 Å². The molecule has 0 spiro atoms. The van der Waals surface area contributed by atoms with E-state index < -0.39 is 11.8 Å². The summed E-state index contributed by atoms with van der Waals surface area (Å²) < 4.78 is 5.46. The van der Waals surface area contributed by atoms with Crippen LogP contribution in [-0.4, -0.2) is 63.1 Å². The maximum Gasteiger partial charge on any atom is 0.313 e. The molecule has 3 rings (SSSR count). The van der Waals surface area contributed by atoms with Gasteiger partial charge in [0.25, 0.3) is 0 Å². The first-order valence-electron chi connectivity index (χ1n) is 10.4. The van der Waals surface area contributed by atoms with Crippen LogP contribution in [-0.2, 0) is 16.0 Å². The molecular weight excluding hydrogens is 380 g/mol. The van der Waals surface area contributed by atoms with Gasteiger partial charge in [-0.05, 0) is 30.2 Å². The zero-order valence-electron chi connectivity index (χ0n) is 17.7. The molecule has 2 amide bonds. The number of carbonyl (C=O) groups is 2. The highest BCUT2D eigenvalue weighted by atomic mass is 16.5. The first kappa shape index (κ1) is 21.6. The summed E-state index contributed by atoms with van der Waals surface area (Å²) in [4.78, 5) is 28.9. The van der Waals surface area contributed by atoms with Crippen molar-refractivity contribution in [3.05, 3.63) is 54.1 Å². The zero-order valence-corrected chi connectivity index (χ0v) is 17.7. The lowest BCUT2D eigenvalue weighted by molar-refractivity contribution is -0.136. The summed E-state index contributed by atoms with van der Waals surface area (Å²) in [5.74, 6) is -0.348. The maximum absolute atomic E-state index is 12.2. The van der Waals surface area contributed by atoms with Gasteiger partial charge in [0.15, 0.2) is 0 Å². The topological polar surface area (TPSA) is 73.9 Å². The average Bonchev–Trinajstić information content (AvgIpc) is 2.79. The van der Waals surface area contributed by atoms with E-state index in [0.717, 1.165) is 49.6 Å². The van der Waals surface area contributed by atoms with Crippen LogP contribution in [0.25, 0.3) is 0 Å². The molecule has 1 fully saturated rings. The van der Waals surface area contributed by atoms with Gasteiger partial charge >= 0.3 is 11.8 Å². The number of ether oxygens (including phenoxy) is 1. The van der Waals surface area contributed by atoms with Gasteiger partial charge in [-0.3, -0.25) is 14.5 Å². The lowest BCUT2D eigenvalue weighted by Gasteiger charge is -2.36. The van der Waals surface area contributed by atoms with Crippen LogP contribution in [0.1, 0.15) is 12.5 Å². The van der Waals surface area contributed by atoms with E-state index in [1.807, 2.05) is 49.4 Å². The summed E-state index contributed by atoms with van der Waals surface area (Å²) >= 11 is 0. The Hall–Kier alpha value is -3.06. The minimum atomic E-state index is -0.628. The predicted octanol–water partition coefficient (Wildman–Crippen LogP) is 2.13. The number of nitrogens with one attached hydrogen (secondary N) is 2. The molecule has 0 bridgehead atoms. The molecule has 160 valence electrons. The van der Waals surface area contributed by atoms with Crippen molar-refractivity contribution in [1.82, 2.24) is 10.2 Å². The van der Waals surface area contributed by atoms with Crippen molar-refractivity contribution in [3.8, 4) is 5.75 Å². The van der Waals surface area contributed by atoms with Gasteiger partial charge in [0.2, 0.25) is 0 Å². The van der Waals surface area contributed by atoms with Crippen LogP contribution in [0, 0.1) is 0 Å². The lowest BCUT2D eigenvalue weighted by Crippen LogP contribution is -2.49. The number of carbonyl (C=O) groups excluding carboxylic acids is 2. The van der Waals surface area contributed by atoms with Gasteiger partial charge in [0.1, 0.15) is 5.75 Å². The molecule has 2 aromatic carbocycles. The number of aryl methyl sites for hydroxylation is 1. The molecule has 2 N–H and O–H groups in total. The molecule has 7 heteroatoms. The van der Waals surface area contributed by atoms with Crippen LogP contribution in [0.5, 0.6) is 5.75 Å². The van der Waals surface area contributed by atoms with E-state index >= 15 is 0 Å². The van der Waals surface area contributed by atoms with Gasteiger partial charge in [-0.2, -0.15) is 0 Å². The summed E-state index contributed by atoms with van der Waals surface area (Å²) in [7, 11) is 1.69. The Bertz CT molecular complexity index is 863. The van der Waals surface area contributed by atoms with Crippen LogP contribution in [0.3, 0.4) is 0 Å². The van der Waals surface area contributed by atoms with Crippen LogP contribution in [0.4, 0.5) is 11.4 Å². The molecule has 0 atom stereocenters. The molecule has 1 saturated heterocycles. The molecule has 0 unspecified atom stereocenters. The molecule has 0 aromatic heterocycles. The van der Waals surface area contributed by atoms with E-state index in [1.165, 1.54) is 0 Å². The van der Waals surface area contributed by atoms with E-state index in [1.54, 1.807) is 7.11 Å². The predicted molar refractivity (Wildman–Crippen MR) is 119 cm³/mol. The number of benzene rings is 2. The lowest BCUT2D eigenvalue weighted by atomic mass is 10.1. The first-order chi connectivity index (χ1) is 14.6. The Balaban J connectivity index is 1.40. The van der Waals surface area contributed by atoms with Gasteiger partial charge < -0.3 is 20.3 Å². The number of rotatable bonds is 7. The van der Waals surface area contributed by atoms with Gasteiger partial charge in [-0.1, -0.05) is 37.3 Å². The van der Waals surface area contributed by atoms with Crippen molar-refractivity contribution in [2.45, 2.75) is 13.3 Å². The van der Waals surface area contributed by atoms with E-state index in [0.29, 0.717) is 18.8 Å². The van der Waals surface area contributed by atoms with Crippen molar-refractivity contribution >= 4 is 23.2 Å². The second-order valence-corrected chi connectivity index (χ2v) is 7.22. The number of hydrogen-bond donors (Lipinski definition) is 2. The largest absolute Gasteiger partial charge is 0.495 e. The fraction of sp³-hybridized carbons (Fsp3) is 0.391. The van der Waals surface area contributed by atoms with E-state index in [-0.39, 0.29) is 0 Å². The first-order valence-corrected chi connectivity index (χ1v) is 10.4. The van der Waals surface area contributed by atoms with E-state index in [9.17, 15) is 9.59 Å². The monoisotopic (exact) mass is 410 g/mol. The van der Waals surface area contributed by atoms with Crippen molar-refractivity contribution in [2.75, 3.05) is 56.6 Å². The second kappa shape index (κ2) is 10.6. The van der Waals surface area contributed by atoms with Gasteiger partial charge in [0, 0.05) is 45.0 Å². The smallest absolute Gasteiger partial charge is 0.313 e. The quantitative estimate of drug-likeness (QED) is 0.684. The highest BCUT2D eigenvalue weighted by molar-refractivity contribution is 6.39. The number of para-hydroxylation sites is 3. The Morgan fingerprint density at radius 2 is 1.67 bits per heavy atom. The molecule has 0 saturated carbocycles. The third-order valence-electron chi connectivity index (χ3n) is 5.36. The Morgan fingerprint density at radius 3 is 2.40 bits per heavy atom. The molecule has 7 nitrogen and oxygen atoms in total. The Morgan fingerprint density at radius 1 is 0.967 bits per heavy atom. The third kappa shape index (κ3) is 5.51. The van der Waals surface area contributed by atoms with Crippen molar-refractivity contribution in [2.24, 2.45) is 0 Å². The number of nitrogens with zero attached hydrogens (tertiary/aromatic N) is 2.